The number of rotatable bonds is 7. The van der Waals surface area contributed by atoms with E-state index in [2.05, 4.69) is 19.2 Å². The molecule has 3 heteroatoms. The van der Waals surface area contributed by atoms with Crippen molar-refractivity contribution in [2.24, 2.45) is 11.8 Å². The van der Waals surface area contributed by atoms with E-state index >= 15 is 0 Å². The first-order valence-corrected chi connectivity index (χ1v) is 6.59. The Hall–Kier alpha value is -0.570. The Labute approximate surface area is 99.6 Å². The summed E-state index contributed by atoms with van der Waals surface area (Å²) in [6, 6.07) is 0.306. The summed E-state index contributed by atoms with van der Waals surface area (Å²) < 4.78 is 0. The van der Waals surface area contributed by atoms with Crippen LogP contribution in [-0.4, -0.2) is 36.5 Å². The van der Waals surface area contributed by atoms with Gasteiger partial charge in [0.2, 0.25) is 5.91 Å². The van der Waals surface area contributed by atoms with Crippen LogP contribution in [0.5, 0.6) is 0 Å². The minimum absolute atomic E-state index is 0.272. The molecule has 1 fully saturated rings. The van der Waals surface area contributed by atoms with E-state index in [4.69, 9.17) is 0 Å². The Kier molecular flexibility index (Phi) is 5.26. The Bertz CT molecular complexity index is 226. The molecule has 1 rings (SSSR count). The molecule has 94 valence electrons. The van der Waals surface area contributed by atoms with E-state index in [0.717, 1.165) is 31.5 Å². The standard InChI is InChI=1S/C13H26N2O/c1-5-15(6-2)13(16)8-11(4)14-9-12-7-10(12)3/h10-12,14H,5-9H2,1-4H3. The Morgan fingerprint density at radius 1 is 1.44 bits per heavy atom. The average molecular weight is 226 g/mol. The molecule has 0 aromatic rings. The molecular formula is C13H26N2O. The highest BCUT2D eigenvalue weighted by Gasteiger charge is 2.32. The van der Waals surface area contributed by atoms with E-state index in [0.29, 0.717) is 12.5 Å². The van der Waals surface area contributed by atoms with Crippen molar-refractivity contribution in [2.75, 3.05) is 19.6 Å². The first-order chi connectivity index (χ1) is 7.58. The van der Waals surface area contributed by atoms with Crippen molar-refractivity contribution in [1.29, 1.82) is 0 Å². The molecule has 0 aromatic carbocycles. The van der Waals surface area contributed by atoms with Crippen LogP contribution >= 0.6 is 0 Å². The summed E-state index contributed by atoms with van der Waals surface area (Å²) in [5, 5.41) is 3.46. The van der Waals surface area contributed by atoms with E-state index < -0.39 is 0 Å². The third kappa shape index (κ3) is 4.12. The second kappa shape index (κ2) is 6.24. The van der Waals surface area contributed by atoms with Crippen molar-refractivity contribution in [3.63, 3.8) is 0 Å². The lowest BCUT2D eigenvalue weighted by atomic mass is 10.2. The van der Waals surface area contributed by atoms with E-state index in [1.807, 2.05) is 18.7 Å². The average Bonchev–Trinajstić information content (AvgIpc) is 2.93. The highest BCUT2D eigenvalue weighted by molar-refractivity contribution is 5.76. The lowest BCUT2D eigenvalue weighted by molar-refractivity contribution is -0.131. The maximum atomic E-state index is 11.8. The van der Waals surface area contributed by atoms with Gasteiger partial charge in [-0.3, -0.25) is 4.79 Å². The number of carbonyl (C=O) groups is 1. The van der Waals surface area contributed by atoms with Gasteiger partial charge >= 0.3 is 0 Å². The first-order valence-electron chi connectivity index (χ1n) is 6.59. The number of nitrogens with zero attached hydrogens (tertiary/aromatic N) is 1. The predicted molar refractivity (Wildman–Crippen MR) is 67.3 cm³/mol. The van der Waals surface area contributed by atoms with Crippen LogP contribution < -0.4 is 5.32 Å². The van der Waals surface area contributed by atoms with Crippen molar-refractivity contribution in [3.8, 4) is 0 Å². The molecule has 3 unspecified atom stereocenters. The molecule has 1 aliphatic rings. The monoisotopic (exact) mass is 226 g/mol. The van der Waals surface area contributed by atoms with Gasteiger partial charge in [0.05, 0.1) is 0 Å². The zero-order valence-corrected chi connectivity index (χ0v) is 11.1. The summed E-state index contributed by atoms with van der Waals surface area (Å²) in [4.78, 5) is 13.7. The molecule has 3 nitrogen and oxygen atoms in total. The van der Waals surface area contributed by atoms with Gasteiger partial charge in [-0.1, -0.05) is 6.92 Å². The zero-order chi connectivity index (χ0) is 12.1. The third-order valence-corrected chi connectivity index (χ3v) is 3.60. The minimum atomic E-state index is 0.272. The Morgan fingerprint density at radius 3 is 2.44 bits per heavy atom. The van der Waals surface area contributed by atoms with Gasteiger partial charge in [-0.05, 0) is 45.6 Å². The van der Waals surface area contributed by atoms with Crippen LogP contribution in [0.4, 0.5) is 0 Å². The lowest BCUT2D eigenvalue weighted by Gasteiger charge is -2.21. The third-order valence-electron chi connectivity index (χ3n) is 3.60. The summed E-state index contributed by atoms with van der Waals surface area (Å²) in [6.45, 7) is 11.2. The van der Waals surface area contributed by atoms with Crippen molar-refractivity contribution in [1.82, 2.24) is 10.2 Å². The fraction of sp³-hybridized carbons (Fsp3) is 0.923. The number of carbonyl (C=O) groups excluding carboxylic acids is 1. The second-order valence-electron chi connectivity index (χ2n) is 5.05. The van der Waals surface area contributed by atoms with Crippen LogP contribution in [0.2, 0.25) is 0 Å². The molecule has 0 spiro atoms. The molecule has 1 amide bonds. The fourth-order valence-electron chi connectivity index (χ4n) is 2.08. The van der Waals surface area contributed by atoms with E-state index in [-0.39, 0.29) is 5.91 Å². The van der Waals surface area contributed by atoms with Crippen molar-refractivity contribution >= 4 is 5.91 Å². The number of nitrogens with one attached hydrogen (secondary N) is 1. The van der Waals surface area contributed by atoms with Gasteiger partial charge in [0.1, 0.15) is 0 Å². The minimum Gasteiger partial charge on any atom is -0.343 e. The van der Waals surface area contributed by atoms with E-state index in [9.17, 15) is 4.79 Å². The fourth-order valence-corrected chi connectivity index (χ4v) is 2.08. The number of amides is 1. The summed E-state index contributed by atoms with van der Waals surface area (Å²) in [5.74, 6) is 2.01. The highest BCUT2D eigenvalue weighted by atomic mass is 16.2. The van der Waals surface area contributed by atoms with Crippen LogP contribution in [0.25, 0.3) is 0 Å². The van der Waals surface area contributed by atoms with Gasteiger partial charge in [-0.2, -0.15) is 0 Å². The van der Waals surface area contributed by atoms with Gasteiger partial charge in [-0.25, -0.2) is 0 Å². The number of hydrogen-bond donors (Lipinski definition) is 1. The summed E-state index contributed by atoms with van der Waals surface area (Å²) in [5.41, 5.74) is 0. The summed E-state index contributed by atoms with van der Waals surface area (Å²) in [7, 11) is 0. The molecule has 0 aliphatic heterocycles. The topological polar surface area (TPSA) is 32.3 Å². The first kappa shape index (κ1) is 13.5. The van der Waals surface area contributed by atoms with Gasteiger partial charge in [-0.15, -0.1) is 0 Å². The van der Waals surface area contributed by atoms with Crippen LogP contribution in [0.15, 0.2) is 0 Å². The highest BCUT2D eigenvalue weighted by Crippen LogP contribution is 2.36. The van der Waals surface area contributed by atoms with Crippen LogP contribution in [0.3, 0.4) is 0 Å². The maximum absolute atomic E-state index is 11.8. The van der Waals surface area contributed by atoms with Crippen LogP contribution in [0.1, 0.15) is 40.5 Å². The van der Waals surface area contributed by atoms with Crippen molar-refractivity contribution in [3.05, 3.63) is 0 Å². The maximum Gasteiger partial charge on any atom is 0.224 e. The van der Waals surface area contributed by atoms with E-state index in [1.54, 1.807) is 0 Å². The normalized spacial score (nSPS) is 25.2. The van der Waals surface area contributed by atoms with E-state index in [1.165, 1.54) is 6.42 Å². The molecule has 0 heterocycles. The van der Waals surface area contributed by atoms with Gasteiger partial charge in [0.15, 0.2) is 0 Å². The zero-order valence-electron chi connectivity index (χ0n) is 11.1. The largest absolute Gasteiger partial charge is 0.343 e. The Morgan fingerprint density at radius 2 is 2.00 bits per heavy atom. The SMILES string of the molecule is CCN(CC)C(=O)CC(C)NCC1CC1C. The van der Waals surface area contributed by atoms with Gasteiger partial charge < -0.3 is 10.2 Å². The van der Waals surface area contributed by atoms with Crippen molar-refractivity contribution in [2.45, 2.75) is 46.6 Å². The molecule has 0 aromatic heterocycles. The Balaban J connectivity index is 2.16. The predicted octanol–water partition coefficient (Wildman–Crippen LogP) is 1.88. The number of hydrogen-bond acceptors (Lipinski definition) is 2. The molecule has 1 aliphatic carbocycles. The van der Waals surface area contributed by atoms with Crippen LogP contribution in [-0.2, 0) is 4.79 Å². The van der Waals surface area contributed by atoms with Crippen molar-refractivity contribution < 1.29 is 4.79 Å². The molecule has 0 bridgehead atoms. The summed E-state index contributed by atoms with van der Waals surface area (Å²) >= 11 is 0. The molecular weight excluding hydrogens is 200 g/mol. The van der Waals surface area contributed by atoms with Crippen LogP contribution in [0, 0.1) is 11.8 Å². The molecule has 1 N–H and O–H groups in total. The summed E-state index contributed by atoms with van der Waals surface area (Å²) in [6.07, 6.45) is 1.98. The van der Waals surface area contributed by atoms with Gasteiger partial charge in [0.25, 0.3) is 0 Å². The molecule has 16 heavy (non-hydrogen) atoms. The molecule has 3 atom stereocenters. The van der Waals surface area contributed by atoms with Gasteiger partial charge in [0, 0.05) is 25.6 Å². The second-order valence-corrected chi connectivity index (χ2v) is 5.05. The molecule has 0 saturated heterocycles. The quantitative estimate of drug-likeness (QED) is 0.719. The molecule has 0 radical (unpaired) electrons. The smallest absolute Gasteiger partial charge is 0.224 e. The molecule has 1 saturated carbocycles. The lowest BCUT2D eigenvalue weighted by Crippen LogP contribution is -2.37.